The number of aldehydes is 1. The zero-order valence-corrected chi connectivity index (χ0v) is 11.6. The van der Waals surface area contributed by atoms with Gasteiger partial charge >= 0.3 is 0 Å². The van der Waals surface area contributed by atoms with Crippen molar-refractivity contribution in [1.82, 2.24) is 9.97 Å². The van der Waals surface area contributed by atoms with Gasteiger partial charge in [-0.2, -0.15) is 0 Å². The number of anilines is 1. The molecule has 1 aromatic rings. The Bertz CT molecular complexity index is 426. The van der Waals surface area contributed by atoms with Crippen LogP contribution in [-0.4, -0.2) is 22.3 Å². The Morgan fingerprint density at radius 2 is 1.94 bits per heavy atom. The van der Waals surface area contributed by atoms with Crippen LogP contribution in [0.1, 0.15) is 43.9 Å². The molecule has 0 aliphatic heterocycles. The van der Waals surface area contributed by atoms with Crippen molar-refractivity contribution in [3.05, 3.63) is 16.5 Å². The lowest BCUT2D eigenvalue weighted by atomic mass is 9.88. The van der Waals surface area contributed by atoms with Gasteiger partial charge in [0.15, 0.2) is 6.29 Å². The van der Waals surface area contributed by atoms with E-state index in [4.69, 9.17) is 11.6 Å². The maximum atomic E-state index is 11.0. The predicted octanol–water partition coefficient (Wildman–Crippen LogP) is 3.10. The van der Waals surface area contributed by atoms with Gasteiger partial charge in [0.2, 0.25) is 0 Å². The molecule has 1 unspecified atom stereocenters. The molecule has 1 rings (SSSR count). The number of carbonyl (C=O) groups excluding carboxylic acids is 1. The molecule has 5 heteroatoms. The van der Waals surface area contributed by atoms with Crippen molar-refractivity contribution in [1.29, 1.82) is 0 Å². The van der Waals surface area contributed by atoms with E-state index in [-0.39, 0.29) is 16.6 Å². The number of nitrogens with one attached hydrogen (secondary N) is 1. The van der Waals surface area contributed by atoms with E-state index in [1.54, 1.807) is 6.92 Å². The van der Waals surface area contributed by atoms with Crippen molar-refractivity contribution in [2.24, 2.45) is 5.41 Å². The maximum Gasteiger partial charge on any atom is 0.156 e. The highest BCUT2D eigenvalue weighted by Crippen LogP contribution is 2.25. The quantitative estimate of drug-likeness (QED) is 0.666. The van der Waals surface area contributed by atoms with Crippen LogP contribution in [0.3, 0.4) is 0 Å². The smallest absolute Gasteiger partial charge is 0.156 e. The van der Waals surface area contributed by atoms with E-state index in [1.807, 2.05) is 6.92 Å². The van der Waals surface area contributed by atoms with Crippen LogP contribution in [0.25, 0.3) is 0 Å². The van der Waals surface area contributed by atoms with E-state index in [0.29, 0.717) is 23.5 Å². The molecule has 17 heavy (non-hydrogen) atoms. The summed E-state index contributed by atoms with van der Waals surface area (Å²) >= 11 is 5.91. The summed E-state index contributed by atoms with van der Waals surface area (Å²) in [7, 11) is 0. The second kappa shape index (κ2) is 5.00. The van der Waals surface area contributed by atoms with Crippen molar-refractivity contribution < 1.29 is 4.79 Å². The van der Waals surface area contributed by atoms with Crippen molar-refractivity contribution in [2.75, 3.05) is 5.32 Å². The zero-order chi connectivity index (χ0) is 13.2. The highest BCUT2D eigenvalue weighted by molar-refractivity contribution is 6.32. The van der Waals surface area contributed by atoms with Crippen LogP contribution in [0.15, 0.2) is 0 Å². The number of aromatic nitrogens is 2. The first kappa shape index (κ1) is 13.9. The van der Waals surface area contributed by atoms with E-state index in [0.717, 1.165) is 0 Å². The summed E-state index contributed by atoms with van der Waals surface area (Å²) in [5, 5.41) is 3.41. The second-order valence-corrected chi connectivity index (χ2v) is 5.53. The van der Waals surface area contributed by atoms with E-state index < -0.39 is 0 Å². The number of rotatable bonds is 3. The van der Waals surface area contributed by atoms with Crippen LogP contribution in [-0.2, 0) is 0 Å². The largest absolute Gasteiger partial charge is 0.366 e. The molecule has 1 heterocycles. The molecule has 0 amide bonds. The van der Waals surface area contributed by atoms with E-state index in [2.05, 4.69) is 36.1 Å². The molecule has 0 radical (unpaired) electrons. The molecular formula is C12H18ClN3O. The Morgan fingerprint density at radius 3 is 2.41 bits per heavy atom. The molecule has 0 bridgehead atoms. The molecule has 0 aliphatic carbocycles. The minimum atomic E-state index is 0.0610. The van der Waals surface area contributed by atoms with Crippen LogP contribution < -0.4 is 5.32 Å². The molecule has 0 aliphatic rings. The Balaban J connectivity index is 3.10. The molecular weight excluding hydrogens is 238 g/mol. The van der Waals surface area contributed by atoms with Crippen LogP contribution in [0.4, 0.5) is 5.82 Å². The van der Waals surface area contributed by atoms with Gasteiger partial charge in [-0.25, -0.2) is 9.97 Å². The summed E-state index contributed by atoms with van der Waals surface area (Å²) in [5.74, 6) is 1.05. The number of hydrogen-bond acceptors (Lipinski definition) is 4. The molecule has 1 N–H and O–H groups in total. The lowest BCUT2D eigenvalue weighted by molar-refractivity contribution is 0.112. The minimum Gasteiger partial charge on any atom is -0.366 e. The first-order chi connectivity index (χ1) is 7.75. The number of aryl methyl sites for hydroxylation is 1. The summed E-state index contributed by atoms with van der Waals surface area (Å²) in [6.07, 6.45) is 0.680. The van der Waals surface area contributed by atoms with E-state index in [1.165, 1.54) is 0 Å². The van der Waals surface area contributed by atoms with Gasteiger partial charge in [-0.05, 0) is 19.3 Å². The number of hydrogen-bond donors (Lipinski definition) is 1. The second-order valence-electron chi connectivity index (χ2n) is 5.17. The van der Waals surface area contributed by atoms with Gasteiger partial charge in [0.25, 0.3) is 0 Å². The Kier molecular flexibility index (Phi) is 4.09. The first-order valence-electron chi connectivity index (χ1n) is 5.51. The van der Waals surface area contributed by atoms with Crippen LogP contribution in [0.2, 0.25) is 5.15 Å². The third-order valence-corrected chi connectivity index (χ3v) is 3.07. The van der Waals surface area contributed by atoms with Gasteiger partial charge in [-0.15, -0.1) is 0 Å². The fourth-order valence-corrected chi connectivity index (χ4v) is 1.44. The standard InChI is InChI=1S/C12H18ClN3O/c1-7(12(3,4)5)14-11-9(6-17)10(13)15-8(2)16-11/h6-7H,1-5H3,(H,14,15,16). The molecule has 0 saturated heterocycles. The Labute approximate surface area is 107 Å². The normalized spacial score (nSPS) is 13.3. The maximum absolute atomic E-state index is 11.0. The summed E-state index contributed by atoms with van der Waals surface area (Å²) in [6, 6.07) is 0.159. The van der Waals surface area contributed by atoms with Crippen LogP contribution in [0, 0.1) is 12.3 Å². The Morgan fingerprint density at radius 1 is 1.35 bits per heavy atom. The monoisotopic (exact) mass is 255 g/mol. The summed E-state index contributed by atoms with van der Waals surface area (Å²) in [6.45, 7) is 10.1. The molecule has 1 aromatic heterocycles. The lowest BCUT2D eigenvalue weighted by Gasteiger charge is -2.29. The van der Waals surface area contributed by atoms with Gasteiger partial charge in [-0.1, -0.05) is 32.4 Å². The lowest BCUT2D eigenvalue weighted by Crippen LogP contribution is -2.31. The zero-order valence-electron chi connectivity index (χ0n) is 10.8. The fourth-order valence-electron chi connectivity index (χ4n) is 1.18. The average Bonchev–Trinajstić information content (AvgIpc) is 2.15. The number of carbonyl (C=O) groups is 1. The predicted molar refractivity (Wildman–Crippen MR) is 69.7 cm³/mol. The topological polar surface area (TPSA) is 54.9 Å². The van der Waals surface area contributed by atoms with Crippen molar-refractivity contribution in [2.45, 2.75) is 40.7 Å². The minimum absolute atomic E-state index is 0.0610. The third-order valence-electron chi connectivity index (χ3n) is 2.78. The summed E-state index contributed by atoms with van der Waals surface area (Å²) in [5.41, 5.74) is 0.374. The molecule has 94 valence electrons. The molecule has 0 fully saturated rings. The Hall–Kier alpha value is -1.16. The average molecular weight is 256 g/mol. The fraction of sp³-hybridized carbons (Fsp3) is 0.583. The molecule has 0 saturated carbocycles. The summed E-state index contributed by atoms with van der Waals surface area (Å²) in [4.78, 5) is 19.2. The molecule has 1 atom stereocenters. The number of halogens is 1. The van der Waals surface area contributed by atoms with E-state index in [9.17, 15) is 4.79 Å². The van der Waals surface area contributed by atoms with Gasteiger partial charge in [-0.3, -0.25) is 4.79 Å². The summed E-state index contributed by atoms with van der Waals surface area (Å²) < 4.78 is 0. The highest BCUT2D eigenvalue weighted by atomic mass is 35.5. The van der Waals surface area contributed by atoms with E-state index >= 15 is 0 Å². The molecule has 0 aromatic carbocycles. The molecule has 0 spiro atoms. The SMILES string of the molecule is Cc1nc(Cl)c(C=O)c(NC(C)C(C)(C)C)n1. The van der Waals surface area contributed by atoms with Crippen LogP contribution in [0.5, 0.6) is 0 Å². The van der Waals surface area contributed by atoms with Crippen molar-refractivity contribution >= 4 is 23.7 Å². The van der Waals surface area contributed by atoms with Gasteiger partial charge in [0.05, 0.1) is 5.56 Å². The number of nitrogens with zero attached hydrogens (tertiary/aromatic N) is 2. The van der Waals surface area contributed by atoms with Crippen LogP contribution >= 0.6 is 11.6 Å². The van der Waals surface area contributed by atoms with Gasteiger partial charge < -0.3 is 5.32 Å². The third kappa shape index (κ3) is 3.40. The van der Waals surface area contributed by atoms with Crippen molar-refractivity contribution in [3.8, 4) is 0 Å². The first-order valence-corrected chi connectivity index (χ1v) is 5.89. The molecule has 4 nitrogen and oxygen atoms in total. The van der Waals surface area contributed by atoms with Gasteiger partial charge in [0.1, 0.15) is 16.8 Å². The van der Waals surface area contributed by atoms with Gasteiger partial charge in [0, 0.05) is 6.04 Å². The highest BCUT2D eigenvalue weighted by Gasteiger charge is 2.22. The van der Waals surface area contributed by atoms with Crippen molar-refractivity contribution in [3.63, 3.8) is 0 Å².